The summed E-state index contributed by atoms with van der Waals surface area (Å²) in [6.07, 6.45) is 3.74. The Morgan fingerprint density at radius 1 is 1.09 bits per heavy atom. The van der Waals surface area contributed by atoms with E-state index in [0.29, 0.717) is 42.4 Å². The van der Waals surface area contributed by atoms with E-state index in [-0.39, 0.29) is 29.2 Å². The summed E-state index contributed by atoms with van der Waals surface area (Å²) in [6.45, 7) is 1.02. The zero-order valence-corrected chi connectivity index (χ0v) is 17.7. The lowest BCUT2D eigenvalue weighted by Gasteiger charge is -2.30. The van der Waals surface area contributed by atoms with Crippen LogP contribution in [0.25, 0.3) is 11.3 Å². The highest BCUT2D eigenvalue weighted by atomic mass is 19.1. The largest absolute Gasteiger partial charge is 0.445 e. The maximum atomic E-state index is 13.5. The van der Waals surface area contributed by atoms with Crippen molar-refractivity contribution >= 4 is 5.91 Å². The van der Waals surface area contributed by atoms with Crippen LogP contribution in [0, 0.1) is 11.6 Å². The first-order valence-corrected chi connectivity index (χ1v) is 10.8. The summed E-state index contributed by atoms with van der Waals surface area (Å²) in [5.41, 5.74) is 1.75. The predicted molar refractivity (Wildman–Crippen MR) is 115 cm³/mol. The summed E-state index contributed by atoms with van der Waals surface area (Å²) in [7, 11) is 0. The van der Waals surface area contributed by atoms with Gasteiger partial charge in [-0.25, -0.2) is 13.8 Å². The maximum Gasteiger partial charge on any atom is 0.292 e. The number of amides is 1. The molecule has 6 nitrogen and oxygen atoms in total. The molecular formula is C25H21F2N3O3. The van der Waals surface area contributed by atoms with E-state index < -0.39 is 0 Å². The number of hydrogen-bond donors (Lipinski definition) is 0. The third kappa shape index (κ3) is 4.69. The minimum absolute atomic E-state index is 0.0467. The highest BCUT2D eigenvalue weighted by molar-refractivity contribution is 5.92. The van der Waals surface area contributed by atoms with Crippen molar-refractivity contribution < 1.29 is 22.5 Å². The van der Waals surface area contributed by atoms with Crippen LogP contribution in [0.3, 0.4) is 0 Å². The van der Waals surface area contributed by atoms with Gasteiger partial charge in [0.15, 0.2) is 5.89 Å². The van der Waals surface area contributed by atoms with E-state index in [2.05, 4.69) is 10.1 Å². The summed E-state index contributed by atoms with van der Waals surface area (Å²) < 4.78 is 38.1. The molecule has 2 aromatic heterocycles. The third-order valence-corrected chi connectivity index (χ3v) is 5.74. The van der Waals surface area contributed by atoms with Gasteiger partial charge in [0, 0.05) is 31.1 Å². The minimum Gasteiger partial charge on any atom is -0.445 e. The molecular weight excluding hydrogens is 428 g/mol. The van der Waals surface area contributed by atoms with Gasteiger partial charge in [-0.15, -0.1) is 0 Å². The Bertz CT molecular complexity index is 1280. The van der Waals surface area contributed by atoms with Crippen LogP contribution in [-0.2, 0) is 6.42 Å². The van der Waals surface area contributed by atoms with Gasteiger partial charge in [0.05, 0.1) is 12.1 Å². The van der Waals surface area contributed by atoms with Crippen molar-refractivity contribution in [3.8, 4) is 11.3 Å². The van der Waals surface area contributed by atoms with Crippen LogP contribution in [0.15, 0.2) is 69.7 Å². The molecule has 1 saturated heterocycles. The standard InChI is InChI=1S/C25H21F2N3O3/c26-19-7-1-4-16(10-19)11-21-14-28-24(32-21)18-6-3-9-30(15-18)25(31)23-13-22(29-33-23)17-5-2-8-20(27)12-17/h1-2,4-5,7-8,10,12-14,18H,3,6,9,11,15H2. The second-order valence-corrected chi connectivity index (χ2v) is 8.15. The lowest BCUT2D eigenvalue weighted by Crippen LogP contribution is -2.39. The summed E-state index contributed by atoms with van der Waals surface area (Å²) in [4.78, 5) is 19.1. The first-order valence-electron chi connectivity index (χ1n) is 10.8. The van der Waals surface area contributed by atoms with E-state index in [1.165, 1.54) is 30.3 Å². The molecule has 1 aliphatic heterocycles. The molecule has 0 spiro atoms. The molecule has 1 atom stereocenters. The molecule has 168 valence electrons. The molecule has 0 bridgehead atoms. The Hall–Kier alpha value is -3.81. The number of oxazole rings is 1. The van der Waals surface area contributed by atoms with E-state index in [0.717, 1.165) is 18.4 Å². The lowest BCUT2D eigenvalue weighted by molar-refractivity contribution is 0.0656. The second-order valence-electron chi connectivity index (χ2n) is 8.15. The normalized spacial score (nSPS) is 16.2. The average molecular weight is 449 g/mol. The number of carbonyl (C=O) groups excluding carboxylic acids is 1. The molecule has 5 rings (SSSR count). The average Bonchev–Trinajstić information content (AvgIpc) is 3.49. The second kappa shape index (κ2) is 8.97. The Labute approximate surface area is 188 Å². The van der Waals surface area contributed by atoms with Gasteiger partial charge in [-0.1, -0.05) is 29.4 Å². The molecule has 2 aromatic carbocycles. The van der Waals surface area contributed by atoms with E-state index >= 15 is 0 Å². The van der Waals surface area contributed by atoms with Crippen molar-refractivity contribution in [2.75, 3.05) is 13.1 Å². The molecule has 1 unspecified atom stereocenters. The van der Waals surface area contributed by atoms with Crippen molar-refractivity contribution in [1.29, 1.82) is 0 Å². The highest BCUT2D eigenvalue weighted by Gasteiger charge is 2.30. The molecule has 1 aliphatic rings. The Balaban J connectivity index is 1.26. The number of aromatic nitrogens is 2. The van der Waals surface area contributed by atoms with Crippen LogP contribution in [0.2, 0.25) is 0 Å². The highest BCUT2D eigenvalue weighted by Crippen LogP contribution is 2.29. The van der Waals surface area contributed by atoms with E-state index in [1.807, 2.05) is 6.07 Å². The Morgan fingerprint density at radius 3 is 2.73 bits per heavy atom. The number of likely N-dealkylation sites (tertiary alicyclic amines) is 1. The van der Waals surface area contributed by atoms with Crippen LogP contribution >= 0.6 is 0 Å². The number of rotatable bonds is 5. The number of nitrogens with zero attached hydrogens (tertiary/aromatic N) is 3. The van der Waals surface area contributed by atoms with Gasteiger partial charge in [-0.05, 0) is 42.7 Å². The van der Waals surface area contributed by atoms with E-state index in [9.17, 15) is 13.6 Å². The molecule has 0 saturated carbocycles. The van der Waals surface area contributed by atoms with Crippen LogP contribution in [0.1, 0.15) is 46.5 Å². The number of hydrogen-bond acceptors (Lipinski definition) is 5. The molecule has 8 heteroatoms. The van der Waals surface area contributed by atoms with Gasteiger partial charge < -0.3 is 13.8 Å². The summed E-state index contributed by atoms with van der Waals surface area (Å²) in [5.74, 6) is 0.322. The number of halogens is 2. The van der Waals surface area contributed by atoms with Crippen molar-refractivity contribution in [3.05, 3.63) is 95.4 Å². The molecule has 3 heterocycles. The number of piperidine rings is 1. The van der Waals surface area contributed by atoms with E-state index in [4.69, 9.17) is 8.94 Å². The lowest BCUT2D eigenvalue weighted by atomic mass is 9.98. The van der Waals surface area contributed by atoms with Crippen molar-refractivity contribution in [2.24, 2.45) is 0 Å². The fourth-order valence-electron chi connectivity index (χ4n) is 4.12. The third-order valence-electron chi connectivity index (χ3n) is 5.74. The Kier molecular flexibility index (Phi) is 5.73. The fraction of sp³-hybridized carbons (Fsp3) is 0.240. The van der Waals surface area contributed by atoms with Gasteiger partial charge >= 0.3 is 0 Å². The fourth-order valence-corrected chi connectivity index (χ4v) is 4.12. The van der Waals surface area contributed by atoms with Crippen LogP contribution in [0.4, 0.5) is 8.78 Å². The van der Waals surface area contributed by atoms with Crippen molar-refractivity contribution in [1.82, 2.24) is 15.0 Å². The van der Waals surface area contributed by atoms with E-state index in [1.54, 1.807) is 29.3 Å². The molecule has 1 amide bonds. The quantitative estimate of drug-likeness (QED) is 0.418. The van der Waals surface area contributed by atoms with Crippen molar-refractivity contribution in [3.63, 3.8) is 0 Å². The summed E-state index contributed by atoms with van der Waals surface area (Å²) >= 11 is 0. The Morgan fingerprint density at radius 2 is 1.91 bits per heavy atom. The minimum atomic E-state index is -0.384. The number of benzene rings is 2. The monoisotopic (exact) mass is 449 g/mol. The molecule has 4 aromatic rings. The zero-order valence-electron chi connectivity index (χ0n) is 17.7. The van der Waals surface area contributed by atoms with Gasteiger partial charge in [0.2, 0.25) is 5.76 Å². The molecule has 0 radical (unpaired) electrons. The van der Waals surface area contributed by atoms with Crippen LogP contribution < -0.4 is 0 Å². The van der Waals surface area contributed by atoms with Crippen molar-refractivity contribution in [2.45, 2.75) is 25.2 Å². The molecule has 1 fully saturated rings. The molecule has 0 N–H and O–H groups in total. The topological polar surface area (TPSA) is 72.4 Å². The predicted octanol–water partition coefficient (Wildman–Crippen LogP) is 5.22. The smallest absolute Gasteiger partial charge is 0.292 e. The van der Waals surface area contributed by atoms with Crippen LogP contribution in [0.5, 0.6) is 0 Å². The van der Waals surface area contributed by atoms with Gasteiger partial charge in [-0.2, -0.15) is 0 Å². The first-order chi connectivity index (χ1) is 16.0. The van der Waals surface area contributed by atoms with Crippen LogP contribution in [-0.4, -0.2) is 34.0 Å². The SMILES string of the molecule is O=C(c1cc(-c2cccc(F)c2)no1)N1CCCC(c2ncc(Cc3cccc(F)c3)o2)C1. The zero-order chi connectivity index (χ0) is 22.8. The summed E-state index contributed by atoms with van der Waals surface area (Å²) in [5, 5.41) is 3.92. The van der Waals surface area contributed by atoms with Gasteiger partial charge in [0.25, 0.3) is 5.91 Å². The molecule has 0 aliphatic carbocycles. The number of carbonyl (C=O) groups is 1. The maximum absolute atomic E-state index is 13.5. The van der Waals surface area contributed by atoms with Gasteiger partial charge in [0.1, 0.15) is 23.1 Å². The van der Waals surface area contributed by atoms with Gasteiger partial charge in [-0.3, -0.25) is 4.79 Å². The first kappa shape index (κ1) is 21.1. The molecule has 33 heavy (non-hydrogen) atoms. The summed E-state index contributed by atoms with van der Waals surface area (Å²) in [6, 6.07) is 13.9.